The second-order valence-electron chi connectivity index (χ2n) is 7.66. The van der Waals surface area contributed by atoms with E-state index in [4.69, 9.17) is 0 Å². The van der Waals surface area contributed by atoms with Gasteiger partial charge in [-0.1, -0.05) is 6.07 Å². The summed E-state index contributed by atoms with van der Waals surface area (Å²) in [5.74, 6) is 1.54. The molecule has 1 aromatic rings. The van der Waals surface area contributed by atoms with E-state index in [0.29, 0.717) is 12.0 Å². The molecule has 1 atom stereocenters. The van der Waals surface area contributed by atoms with Crippen molar-refractivity contribution in [3.05, 3.63) is 23.9 Å². The lowest BCUT2D eigenvalue weighted by Gasteiger charge is -2.27. The van der Waals surface area contributed by atoms with Crippen molar-refractivity contribution in [2.24, 2.45) is 11.3 Å². The number of hydrogen-bond acceptors (Lipinski definition) is 4. The molecule has 2 saturated heterocycles. The highest BCUT2D eigenvalue weighted by Gasteiger charge is 2.57. The van der Waals surface area contributed by atoms with E-state index in [0.717, 1.165) is 56.8 Å². The van der Waals surface area contributed by atoms with E-state index in [1.165, 1.54) is 19.3 Å². The largest absolute Gasteiger partial charge is 0.357 e. The summed E-state index contributed by atoms with van der Waals surface area (Å²) in [6.45, 7) is 4.94. The number of pyridine rings is 1. The molecule has 5 heteroatoms. The van der Waals surface area contributed by atoms with Gasteiger partial charge in [0.1, 0.15) is 5.82 Å². The van der Waals surface area contributed by atoms with Crippen LogP contribution >= 0.6 is 0 Å². The van der Waals surface area contributed by atoms with Crippen molar-refractivity contribution in [2.75, 3.05) is 31.1 Å². The minimum Gasteiger partial charge on any atom is -0.357 e. The maximum Gasteiger partial charge on any atom is 0.223 e. The SMILES string of the molecule is O=C(NCc1ccc(N2CCCCC2)nc1)C1CC12CCNCC2. The first-order valence-electron chi connectivity index (χ1n) is 9.45. The van der Waals surface area contributed by atoms with Crippen LogP contribution in [-0.2, 0) is 11.3 Å². The van der Waals surface area contributed by atoms with Crippen molar-refractivity contribution in [1.29, 1.82) is 0 Å². The molecule has 24 heavy (non-hydrogen) atoms. The minimum atomic E-state index is 0.233. The lowest BCUT2D eigenvalue weighted by Crippen LogP contribution is -2.33. The zero-order valence-electron chi connectivity index (χ0n) is 14.4. The number of carbonyl (C=O) groups excluding carboxylic acids is 1. The van der Waals surface area contributed by atoms with Gasteiger partial charge in [0.2, 0.25) is 5.91 Å². The van der Waals surface area contributed by atoms with E-state index in [-0.39, 0.29) is 11.8 Å². The molecule has 1 unspecified atom stereocenters. The summed E-state index contributed by atoms with van der Waals surface area (Å²) in [6.07, 6.45) is 9.15. The predicted octanol–water partition coefficient (Wildman–Crippen LogP) is 2.08. The Kier molecular flexibility index (Phi) is 4.44. The van der Waals surface area contributed by atoms with Gasteiger partial charge < -0.3 is 15.5 Å². The predicted molar refractivity (Wildman–Crippen MR) is 94.8 cm³/mol. The molecule has 5 nitrogen and oxygen atoms in total. The second-order valence-corrected chi connectivity index (χ2v) is 7.66. The summed E-state index contributed by atoms with van der Waals surface area (Å²) in [4.78, 5) is 19.4. The Morgan fingerprint density at radius 3 is 2.75 bits per heavy atom. The quantitative estimate of drug-likeness (QED) is 0.888. The first-order valence-corrected chi connectivity index (χ1v) is 9.45. The maximum absolute atomic E-state index is 12.4. The monoisotopic (exact) mass is 328 g/mol. The number of rotatable bonds is 4. The van der Waals surface area contributed by atoms with Crippen LogP contribution in [0.1, 0.15) is 44.1 Å². The molecular weight excluding hydrogens is 300 g/mol. The molecule has 1 spiro atoms. The number of nitrogens with zero attached hydrogens (tertiary/aromatic N) is 2. The van der Waals surface area contributed by atoms with Crippen LogP contribution in [0.2, 0.25) is 0 Å². The van der Waals surface area contributed by atoms with E-state index in [1.54, 1.807) is 0 Å². The molecule has 2 N–H and O–H groups in total. The summed E-state index contributed by atoms with van der Waals surface area (Å²) >= 11 is 0. The molecule has 0 bridgehead atoms. The number of aromatic nitrogens is 1. The number of piperidine rings is 2. The normalized spacial score (nSPS) is 25.5. The van der Waals surface area contributed by atoms with Crippen LogP contribution < -0.4 is 15.5 Å². The van der Waals surface area contributed by atoms with Crippen LogP contribution in [0.3, 0.4) is 0 Å². The smallest absolute Gasteiger partial charge is 0.223 e. The second kappa shape index (κ2) is 6.71. The molecule has 0 aromatic carbocycles. The fourth-order valence-corrected chi connectivity index (χ4v) is 4.34. The Bertz CT molecular complexity index is 574. The van der Waals surface area contributed by atoms with Gasteiger partial charge in [0.25, 0.3) is 0 Å². The first kappa shape index (κ1) is 15.9. The third-order valence-corrected chi connectivity index (χ3v) is 6.06. The van der Waals surface area contributed by atoms with Crippen molar-refractivity contribution < 1.29 is 4.79 Å². The summed E-state index contributed by atoms with van der Waals surface area (Å²) < 4.78 is 0. The Balaban J connectivity index is 1.27. The van der Waals surface area contributed by atoms with Crippen LogP contribution in [-0.4, -0.2) is 37.1 Å². The Morgan fingerprint density at radius 1 is 1.25 bits per heavy atom. The molecule has 1 aromatic heterocycles. The molecule has 3 fully saturated rings. The summed E-state index contributed by atoms with van der Waals surface area (Å²) in [5.41, 5.74) is 1.40. The van der Waals surface area contributed by atoms with Crippen molar-refractivity contribution in [2.45, 2.75) is 45.1 Å². The van der Waals surface area contributed by atoms with E-state index >= 15 is 0 Å². The van der Waals surface area contributed by atoms with Crippen LogP contribution in [0.4, 0.5) is 5.82 Å². The van der Waals surface area contributed by atoms with Gasteiger partial charge in [-0.3, -0.25) is 4.79 Å². The zero-order chi connectivity index (χ0) is 16.4. The molecule has 3 heterocycles. The lowest BCUT2D eigenvalue weighted by molar-refractivity contribution is -0.123. The minimum absolute atomic E-state index is 0.233. The van der Waals surface area contributed by atoms with Gasteiger partial charge in [-0.2, -0.15) is 0 Å². The third kappa shape index (κ3) is 3.27. The number of amides is 1. The first-order chi connectivity index (χ1) is 11.8. The summed E-state index contributed by atoms with van der Waals surface area (Å²) in [6, 6.07) is 4.20. The average molecular weight is 328 g/mol. The molecule has 3 aliphatic rings. The van der Waals surface area contributed by atoms with Crippen LogP contribution in [0.25, 0.3) is 0 Å². The number of anilines is 1. The number of hydrogen-bond donors (Lipinski definition) is 2. The Morgan fingerprint density at radius 2 is 2.04 bits per heavy atom. The van der Waals surface area contributed by atoms with E-state index in [2.05, 4.69) is 32.7 Å². The molecule has 130 valence electrons. The van der Waals surface area contributed by atoms with Crippen molar-refractivity contribution >= 4 is 11.7 Å². The fraction of sp³-hybridized carbons (Fsp3) is 0.684. The van der Waals surface area contributed by atoms with E-state index < -0.39 is 0 Å². The third-order valence-electron chi connectivity index (χ3n) is 6.06. The zero-order valence-corrected chi connectivity index (χ0v) is 14.4. The molecular formula is C19H28N4O. The van der Waals surface area contributed by atoms with Gasteiger partial charge in [0.05, 0.1) is 0 Å². The van der Waals surface area contributed by atoms with Crippen LogP contribution in [0.5, 0.6) is 0 Å². The van der Waals surface area contributed by atoms with Gasteiger partial charge in [-0.25, -0.2) is 4.98 Å². The van der Waals surface area contributed by atoms with Gasteiger partial charge in [0.15, 0.2) is 0 Å². The molecule has 2 aliphatic heterocycles. The number of carbonyl (C=O) groups is 1. The van der Waals surface area contributed by atoms with Gasteiger partial charge in [0, 0.05) is 31.7 Å². The molecule has 0 radical (unpaired) electrons. The standard InChI is InChI=1S/C19H28N4O/c24-18(16-12-19(16)6-8-20-9-7-19)22-14-15-4-5-17(21-13-15)23-10-2-1-3-11-23/h4-5,13,16,20H,1-3,6-12,14H2,(H,22,24). The Labute approximate surface area is 144 Å². The number of nitrogens with one attached hydrogen (secondary N) is 2. The lowest BCUT2D eigenvalue weighted by atomic mass is 9.92. The van der Waals surface area contributed by atoms with Crippen molar-refractivity contribution in [1.82, 2.24) is 15.6 Å². The highest BCUT2D eigenvalue weighted by molar-refractivity contribution is 5.82. The summed E-state index contributed by atoms with van der Waals surface area (Å²) in [7, 11) is 0. The molecule has 4 rings (SSSR count). The fourth-order valence-electron chi connectivity index (χ4n) is 4.34. The van der Waals surface area contributed by atoms with Gasteiger partial charge in [-0.05, 0) is 68.7 Å². The molecule has 1 saturated carbocycles. The van der Waals surface area contributed by atoms with E-state index in [9.17, 15) is 4.79 Å². The van der Waals surface area contributed by atoms with Crippen LogP contribution in [0.15, 0.2) is 18.3 Å². The average Bonchev–Trinajstić information content (AvgIpc) is 3.34. The maximum atomic E-state index is 12.4. The van der Waals surface area contributed by atoms with Crippen molar-refractivity contribution in [3.63, 3.8) is 0 Å². The van der Waals surface area contributed by atoms with Gasteiger partial charge >= 0.3 is 0 Å². The summed E-state index contributed by atoms with van der Waals surface area (Å²) in [5, 5.41) is 6.50. The highest BCUT2D eigenvalue weighted by Crippen LogP contribution is 2.58. The molecule has 1 aliphatic carbocycles. The highest BCUT2D eigenvalue weighted by atomic mass is 16.2. The topological polar surface area (TPSA) is 57.3 Å². The van der Waals surface area contributed by atoms with E-state index in [1.807, 2.05) is 6.20 Å². The van der Waals surface area contributed by atoms with Gasteiger partial charge in [-0.15, -0.1) is 0 Å². The Hall–Kier alpha value is -1.62. The van der Waals surface area contributed by atoms with Crippen LogP contribution in [0, 0.1) is 11.3 Å². The van der Waals surface area contributed by atoms with Crippen molar-refractivity contribution in [3.8, 4) is 0 Å². The molecule has 1 amide bonds.